The highest BCUT2D eigenvalue weighted by Crippen LogP contribution is 2.29. The Balaban J connectivity index is 1.77. The van der Waals surface area contributed by atoms with Gasteiger partial charge in [0.05, 0.1) is 23.7 Å². The number of nitrogens with one attached hydrogen (secondary N) is 1. The standard InChI is InChI=1S/C24H18N4/c1-17-6-4-11-23(27-17)24-22(16-26-28-24)20-9-5-10-21-14-18(15-25)7-2-3-8-19(21)12-13-20/h3-7,9-14,16H,2H2,1H3,(H,26,28)/b10-5+,13-12?,18-7+,20-9?,21-14-. The zero-order valence-electron chi connectivity index (χ0n) is 15.5. The summed E-state index contributed by atoms with van der Waals surface area (Å²) >= 11 is 0. The first kappa shape index (κ1) is 17.5. The SMILES string of the molecule is Cc1cccc(-c2[nH]ncc2C2=C/C=C/C3=C/C(C#N)=C\CC=C=C3C=C2)n1. The molecule has 0 unspecified atom stereocenters. The molecule has 2 aromatic rings. The average Bonchev–Trinajstić information content (AvgIpc) is 3.15. The number of nitriles is 1. The Bertz CT molecular complexity index is 1180. The van der Waals surface area contributed by atoms with E-state index in [4.69, 9.17) is 0 Å². The quantitative estimate of drug-likeness (QED) is 0.751. The number of rotatable bonds is 2. The summed E-state index contributed by atoms with van der Waals surface area (Å²) in [6.07, 6.45) is 18.4. The monoisotopic (exact) mass is 362 g/mol. The smallest absolute Gasteiger partial charge is 0.0988 e. The van der Waals surface area contributed by atoms with E-state index in [-0.39, 0.29) is 0 Å². The van der Waals surface area contributed by atoms with E-state index in [0.29, 0.717) is 12.0 Å². The lowest BCUT2D eigenvalue weighted by Gasteiger charge is -2.09. The second-order valence-electron chi connectivity index (χ2n) is 6.51. The predicted molar refractivity (Wildman–Crippen MR) is 111 cm³/mol. The van der Waals surface area contributed by atoms with Crippen LogP contribution in [0, 0.1) is 18.3 Å². The molecular formula is C24H18N4. The molecule has 0 atom stereocenters. The Morgan fingerprint density at radius 3 is 2.96 bits per heavy atom. The van der Waals surface area contributed by atoms with Crippen molar-refractivity contribution >= 4 is 5.57 Å². The second-order valence-corrected chi connectivity index (χ2v) is 6.51. The number of fused-ring (bicyclic) bond motifs is 1. The number of aryl methyl sites for hydroxylation is 1. The maximum absolute atomic E-state index is 9.27. The Labute approximate surface area is 163 Å². The molecule has 4 rings (SSSR count). The number of allylic oxidation sites excluding steroid dienone is 11. The summed E-state index contributed by atoms with van der Waals surface area (Å²) in [4.78, 5) is 4.61. The highest BCUT2D eigenvalue weighted by Gasteiger charge is 2.13. The zero-order valence-corrected chi connectivity index (χ0v) is 15.5. The molecule has 1 N–H and O–H groups in total. The van der Waals surface area contributed by atoms with Crippen molar-refractivity contribution in [1.82, 2.24) is 15.2 Å². The van der Waals surface area contributed by atoms with Crippen LogP contribution in [0.15, 0.2) is 95.5 Å². The molecule has 2 aliphatic rings. The third-order valence-corrected chi connectivity index (χ3v) is 4.54. The largest absolute Gasteiger partial charge is 0.276 e. The summed E-state index contributed by atoms with van der Waals surface area (Å²) in [5.41, 5.74) is 10.6. The highest BCUT2D eigenvalue weighted by molar-refractivity contribution is 5.84. The summed E-state index contributed by atoms with van der Waals surface area (Å²) in [7, 11) is 0. The second kappa shape index (κ2) is 7.75. The van der Waals surface area contributed by atoms with Crippen LogP contribution in [0.1, 0.15) is 17.7 Å². The van der Waals surface area contributed by atoms with Crippen molar-refractivity contribution in [2.75, 3.05) is 0 Å². The molecule has 0 bridgehead atoms. The molecule has 0 amide bonds. The molecule has 2 heterocycles. The molecule has 0 aromatic carbocycles. The molecule has 0 saturated carbocycles. The van der Waals surface area contributed by atoms with Crippen molar-refractivity contribution < 1.29 is 0 Å². The number of hydrogen-bond donors (Lipinski definition) is 1. The molecule has 0 saturated heterocycles. The third kappa shape index (κ3) is 3.61. The molecule has 0 aliphatic heterocycles. The van der Waals surface area contributed by atoms with Gasteiger partial charge in [0.2, 0.25) is 0 Å². The van der Waals surface area contributed by atoms with Crippen molar-refractivity contribution in [3.8, 4) is 17.5 Å². The lowest BCUT2D eigenvalue weighted by molar-refractivity contribution is 1.08. The molecule has 0 spiro atoms. The van der Waals surface area contributed by atoms with E-state index in [9.17, 15) is 5.26 Å². The van der Waals surface area contributed by atoms with Gasteiger partial charge in [0.25, 0.3) is 0 Å². The van der Waals surface area contributed by atoms with Crippen molar-refractivity contribution in [2.24, 2.45) is 0 Å². The van der Waals surface area contributed by atoms with Crippen LogP contribution in [0.5, 0.6) is 0 Å². The Hall–Kier alpha value is -3.93. The number of pyridine rings is 1. The Kier molecular flexibility index (Phi) is 4.84. The topological polar surface area (TPSA) is 65.4 Å². The molecule has 134 valence electrons. The van der Waals surface area contributed by atoms with Gasteiger partial charge in [-0.3, -0.25) is 10.1 Å². The first-order valence-electron chi connectivity index (χ1n) is 9.06. The molecule has 0 fully saturated rings. The van der Waals surface area contributed by atoms with Gasteiger partial charge >= 0.3 is 0 Å². The van der Waals surface area contributed by atoms with Crippen LogP contribution in [0.4, 0.5) is 0 Å². The zero-order chi connectivity index (χ0) is 19.3. The van der Waals surface area contributed by atoms with Crippen molar-refractivity contribution in [3.63, 3.8) is 0 Å². The van der Waals surface area contributed by atoms with E-state index in [2.05, 4.69) is 33.1 Å². The summed E-state index contributed by atoms with van der Waals surface area (Å²) in [5, 5.41) is 16.6. The van der Waals surface area contributed by atoms with E-state index in [1.54, 1.807) is 0 Å². The van der Waals surface area contributed by atoms with Crippen LogP contribution in [0.25, 0.3) is 17.0 Å². The lowest BCUT2D eigenvalue weighted by Crippen LogP contribution is -1.92. The minimum atomic E-state index is 0.663. The normalized spacial score (nSPS) is 20.6. The number of aromatic amines is 1. The fraction of sp³-hybridized carbons (Fsp3) is 0.0833. The third-order valence-electron chi connectivity index (χ3n) is 4.54. The van der Waals surface area contributed by atoms with Crippen LogP contribution in [0.3, 0.4) is 0 Å². The molecule has 2 aliphatic carbocycles. The van der Waals surface area contributed by atoms with E-state index in [1.807, 2.05) is 73.9 Å². The summed E-state index contributed by atoms with van der Waals surface area (Å²) in [6, 6.07) is 8.18. The van der Waals surface area contributed by atoms with Crippen LogP contribution in [0.2, 0.25) is 0 Å². The van der Waals surface area contributed by atoms with Crippen LogP contribution >= 0.6 is 0 Å². The summed E-state index contributed by atoms with van der Waals surface area (Å²) < 4.78 is 0. The number of H-pyrrole nitrogens is 1. The van der Waals surface area contributed by atoms with Gasteiger partial charge in [0.1, 0.15) is 0 Å². The molecule has 2 aromatic heterocycles. The van der Waals surface area contributed by atoms with Gasteiger partial charge in [-0.15, -0.1) is 5.73 Å². The Morgan fingerprint density at radius 1 is 1.18 bits per heavy atom. The number of aromatic nitrogens is 3. The van der Waals surface area contributed by atoms with Crippen molar-refractivity contribution in [2.45, 2.75) is 13.3 Å². The van der Waals surface area contributed by atoms with Gasteiger partial charge in [-0.05, 0) is 54.9 Å². The maximum atomic E-state index is 9.27. The van der Waals surface area contributed by atoms with E-state index < -0.39 is 0 Å². The van der Waals surface area contributed by atoms with Crippen LogP contribution in [-0.2, 0) is 0 Å². The molecule has 0 radical (unpaired) electrons. The maximum Gasteiger partial charge on any atom is 0.0988 e. The minimum Gasteiger partial charge on any atom is -0.276 e. The van der Waals surface area contributed by atoms with Gasteiger partial charge in [-0.1, -0.05) is 36.4 Å². The summed E-state index contributed by atoms with van der Waals surface area (Å²) in [6.45, 7) is 1.97. The predicted octanol–water partition coefficient (Wildman–Crippen LogP) is 5.15. The first-order valence-corrected chi connectivity index (χ1v) is 9.06. The van der Waals surface area contributed by atoms with Gasteiger partial charge < -0.3 is 0 Å². The van der Waals surface area contributed by atoms with Gasteiger partial charge in [0, 0.05) is 22.4 Å². The molecule has 4 heteroatoms. The minimum absolute atomic E-state index is 0.663. The number of hydrogen-bond acceptors (Lipinski definition) is 3. The Morgan fingerprint density at radius 2 is 2.11 bits per heavy atom. The van der Waals surface area contributed by atoms with Gasteiger partial charge in [0.15, 0.2) is 0 Å². The first-order chi connectivity index (χ1) is 13.7. The average molecular weight is 362 g/mol. The van der Waals surface area contributed by atoms with Gasteiger partial charge in [-0.25, -0.2) is 0 Å². The highest BCUT2D eigenvalue weighted by atomic mass is 15.1. The van der Waals surface area contributed by atoms with Crippen LogP contribution in [-0.4, -0.2) is 15.2 Å². The fourth-order valence-electron chi connectivity index (χ4n) is 3.15. The lowest BCUT2D eigenvalue weighted by atomic mass is 9.95. The molecular weight excluding hydrogens is 344 g/mol. The molecule has 4 nitrogen and oxygen atoms in total. The number of nitrogens with zero attached hydrogens (tertiary/aromatic N) is 3. The van der Waals surface area contributed by atoms with E-state index in [1.165, 1.54) is 0 Å². The van der Waals surface area contributed by atoms with Crippen molar-refractivity contribution in [1.29, 1.82) is 5.26 Å². The van der Waals surface area contributed by atoms with E-state index >= 15 is 0 Å². The summed E-state index contributed by atoms with van der Waals surface area (Å²) in [5.74, 6) is 0. The fourth-order valence-corrected chi connectivity index (χ4v) is 3.15. The van der Waals surface area contributed by atoms with Crippen LogP contribution < -0.4 is 0 Å². The van der Waals surface area contributed by atoms with Gasteiger partial charge in [-0.2, -0.15) is 10.4 Å². The van der Waals surface area contributed by atoms with E-state index in [0.717, 1.165) is 39.4 Å². The van der Waals surface area contributed by atoms with Crippen molar-refractivity contribution in [3.05, 3.63) is 107 Å². The molecule has 28 heavy (non-hydrogen) atoms.